The first-order valence-electron chi connectivity index (χ1n) is 21.2. The molecule has 0 spiro atoms. The van der Waals surface area contributed by atoms with E-state index in [-0.39, 0.29) is 0 Å². The molecular formula is C55H66N2O4. The Morgan fingerprint density at radius 3 is 1.54 bits per heavy atom. The molecular weight excluding hydrogens is 753 g/mol. The smallest absolute Gasteiger partial charge is 0.204 e. The molecule has 0 amide bonds. The van der Waals surface area contributed by atoms with E-state index in [1.54, 1.807) is 18.8 Å². The van der Waals surface area contributed by atoms with Gasteiger partial charge in [-0.1, -0.05) is 145 Å². The maximum absolute atomic E-state index is 6.28. The van der Waals surface area contributed by atoms with Gasteiger partial charge < -0.3 is 23.5 Å². The van der Waals surface area contributed by atoms with Gasteiger partial charge in [-0.3, -0.25) is 4.90 Å². The molecule has 1 aromatic heterocycles. The summed E-state index contributed by atoms with van der Waals surface area (Å²) in [5.74, 6) is 3.34. The minimum Gasteiger partial charge on any atom is -0.473 e. The fraction of sp³-hybridized carbons (Fsp3) is 0.200. The quantitative estimate of drug-likeness (QED) is 0.149. The molecule has 0 atom stereocenters. The first-order chi connectivity index (χ1) is 30.0. The molecule has 3 heterocycles. The second kappa shape index (κ2) is 30.2. The van der Waals surface area contributed by atoms with Crippen LogP contribution in [0.3, 0.4) is 0 Å². The van der Waals surface area contributed by atoms with Crippen LogP contribution in [0, 0.1) is 13.8 Å². The van der Waals surface area contributed by atoms with E-state index < -0.39 is 0 Å². The van der Waals surface area contributed by atoms with Gasteiger partial charge in [-0.15, -0.1) is 0 Å². The molecule has 6 heteroatoms. The summed E-state index contributed by atoms with van der Waals surface area (Å²) in [7, 11) is 2.00. The first-order valence-corrected chi connectivity index (χ1v) is 21.2. The molecule has 320 valence electrons. The van der Waals surface area contributed by atoms with Crippen molar-refractivity contribution in [3.8, 4) is 23.0 Å². The molecule has 2 aliphatic rings. The number of ether oxygens (including phenoxy) is 3. The number of rotatable bonds is 7. The standard InChI is InChI=1S/C31H28N2O3.C7H8.C6H6.C5H6O.3C2H6/c1-5-7-11-23(6-2)32(4)24-14-16-27-29(20-24)35-28-17-15-26(21-30(28)36-27)33(31-13-9-18-34-31)25-12-8-10-22(3)19-25;1-7-5-3-2-4-6-7;2*1-2-4-6-5-3-1;3*1-2/h5-21H,2H2,1,3-4H3;2-6H,1H3;1-6H;2-5H,1H2;3*1-2H3/b7-5-,23-11+;;;;;;. The minimum absolute atomic E-state index is 0.644. The highest BCUT2D eigenvalue weighted by Gasteiger charge is 2.23. The second-order valence-electron chi connectivity index (χ2n) is 12.4. The van der Waals surface area contributed by atoms with E-state index in [0.29, 0.717) is 28.9 Å². The average Bonchev–Trinajstić information content (AvgIpc) is 3.87. The Morgan fingerprint density at radius 1 is 0.574 bits per heavy atom. The van der Waals surface area contributed by atoms with Gasteiger partial charge in [0, 0.05) is 42.3 Å². The maximum Gasteiger partial charge on any atom is 0.204 e. The Labute approximate surface area is 367 Å². The highest BCUT2D eigenvalue weighted by molar-refractivity contribution is 5.76. The van der Waals surface area contributed by atoms with Crippen molar-refractivity contribution in [3.63, 3.8) is 0 Å². The Morgan fingerprint density at radius 2 is 1.10 bits per heavy atom. The van der Waals surface area contributed by atoms with Crippen LogP contribution in [0.4, 0.5) is 22.9 Å². The van der Waals surface area contributed by atoms with E-state index in [4.69, 9.17) is 18.6 Å². The summed E-state index contributed by atoms with van der Waals surface area (Å²) in [6.07, 6.45) is 17.8. The summed E-state index contributed by atoms with van der Waals surface area (Å²) in [5.41, 5.74) is 6.33. The van der Waals surface area contributed by atoms with Gasteiger partial charge in [0.2, 0.25) is 5.88 Å². The van der Waals surface area contributed by atoms with Gasteiger partial charge in [0.15, 0.2) is 23.0 Å². The van der Waals surface area contributed by atoms with Gasteiger partial charge in [0.25, 0.3) is 0 Å². The molecule has 0 bridgehead atoms. The third kappa shape index (κ3) is 17.1. The van der Waals surface area contributed by atoms with Crippen LogP contribution in [0.2, 0.25) is 0 Å². The second-order valence-corrected chi connectivity index (χ2v) is 12.4. The number of anilines is 4. The number of fused-ring (bicyclic) bond motifs is 2. The molecule has 0 radical (unpaired) electrons. The van der Waals surface area contributed by atoms with Crippen LogP contribution in [0.1, 0.15) is 66.0 Å². The van der Waals surface area contributed by atoms with Gasteiger partial charge in [-0.25, -0.2) is 0 Å². The lowest BCUT2D eigenvalue weighted by atomic mass is 10.1. The largest absolute Gasteiger partial charge is 0.473 e. The Kier molecular flexibility index (Phi) is 24.8. The van der Waals surface area contributed by atoms with E-state index >= 15 is 0 Å². The fourth-order valence-electron chi connectivity index (χ4n) is 5.40. The summed E-state index contributed by atoms with van der Waals surface area (Å²) in [5, 5.41) is 0. The first kappa shape index (κ1) is 50.2. The predicted octanol–water partition coefficient (Wildman–Crippen LogP) is 17.2. The van der Waals surface area contributed by atoms with Gasteiger partial charge in [0.1, 0.15) is 0 Å². The van der Waals surface area contributed by atoms with Crippen molar-refractivity contribution in [2.24, 2.45) is 0 Å². The van der Waals surface area contributed by atoms with Crippen LogP contribution in [0.25, 0.3) is 0 Å². The van der Waals surface area contributed by atoms with Crippen molar-refractivity contribution in [3.05, 3.63) is 218 Å². The number of hydrogen-bond donors (Lipinski definition) is 0. The fourth-order valence-corrected chi connectivity index (χ4v) is 5.40. The molecule has 0 saturated heterocycles. The molecule has 2 aliphatic heterocycles. The Bertz CT molecular complexity index is 2140. The van der Waals surface area contributed by atoms with Gasteiger partial charge >= 0.3 is 0 Å². The average molecular weight is 819 g/mol. The summed E-state index contributed by atoms with van der Waals surface area (Å²) in [6, 6.07) is 46.2. The number of aryl methyl sites for hydroxylation is 2. The monoisotopic (exact) mass is 819 g/mol. The molecule has 6 aromatic rings. The van der Waals surface area contributed by atoms with Crippen molar-refractivity contribution in [1.29, 1.82) is 0 Å². The van der Waals surface area contributed by atoms with Crippen molar-refractivity contribution in [2.75, 3.05) is 16.8 Å². The van der Waals surface area contributed by atoms with Crippen LogP contribution in [-0.4, -0.2) is 7.05 Å². The summed E-state index contributed by atoms with van der Waals surface area (Å²) in [4.78, 5) is 4.11. The van der Waals surface area contributed by atoms with Gasteiger partial charge in [0.05, 0.1) is 24.5 Å². The van der Waals surface area contributed by atoms with Crippen molar-refractivity contribution in [2.45, 2.75) is 68.7 Å². The molecule has 0 N–H and O–H groups in total. The Hall–Kier alpha value is -6.92. The third-order valence-corrected chi connectivity index (χ3v) is 8.21. The SMILES string of the molecule is C1=COC=CC1.C=C/C(=C\C=C/C)N(C)c1ccc2c(c1)Oc1ccc(N(c3cccc(C)c3)c3ccco3)cc1O2.CC.CC.CC.Cc1ccccc1.c1ccccc1. The zero-order valence-corrected chi connectivity index (χ0v) is 37.9. The molecule has 5 aromatic carbocycles. The number of benzene rings is 5. The molecule has 61 heavy (non-hydrogen) atoms. The number of furan rings is 1. The molecule has 0 unspecified atom stereocenters. The van der Waals surface area contributed by atoms with Crippen LogP contribution in [0.5, 0.6) is 23.0 Å². The van der Waals surface area contributed by atoms with E-state index in [2.05, 4.69) is 60.6 Å². The van der Waals surface area contributed by atoms with E-state index in [0.717, 1.165) is 34.7 Å². The van der Waals surface area contributed by atoms with Crippen molar-refractivity contribution in [1.82, 2.24) is 0 Å². The van der Waals surface area contributed by atoms with Crippen LogP contribution in [-0.2, 0) is 4.74 Å². The highest BCUT2D eigenvalue weighted by atomic mass is 16.6. The molecule has 6 nitrogen and oxygen atoms in total. The highest BCUT2D eigenvalue weighted by Crippen LogP contribution is 2.49. The van der Waals surface area contributed by atoms with E-state index in [1.165, 1.54) is 5.56 Å². The van der Waals surface area contributed by atoms with E-state index in [1.807, 2.05) is 201 Å². The summed E-state index contributed by atoms with van der Waals surface area (Å²) >= 11 is 0. The van der Waals surface area contributed by atoms with Crippen LogP contribution >= 0.6 is 0 Å². The lowest BCUT2D eigenvalue weighted by Crippen LogP contribution is -2.15. The van der Waals surface area contributed by atoms with Gasteiger partial charge in [-0.05, 0) is 99.5 Å². The predicted molar refractivity (Wildman–Crippen MR) is 262 cm³/mol. The third-order valence-electron chi connectivity index (χ3n) is 8.21. The summed E-state index contributed by atoms with van der Waals surface area (Å²) < 4.78 is 23.0. The van der Waals surface area contributed by atoms with E-state index in [9.17, 15) is 0 Å². The number of hydrogen-bond acceptors (Lipinski definition) is 6. The zero-order valence-electron chi connectivity index (χ0n) is 37.9. The summed E-state index contributed by atoms with van der Waals surface area (Å²) in [6.45, 7) is 22.1. The normalized spacial score (nSPS) is 11.1. The molecule has 0 fully saturated rings. The van der Waals surface area contributed by atoms with Crippen molar-refractivity contribution < 1.29 is 18.6 Å². The Balaban J connectivity index is 0.000000413. The minimum atomic E-state index is 0.644. The molecule has 8 rings (SSSR count). The van der Waals surface area contributed by atoms with Crippen molar-refractivity contribution >= 4 is 22.9 Å². The molecule has 0 saturated carbocycles. The maximum atomic E-state index is 6.28. The van der Waals surface area contributed by atoms with Gasteiger partial charge in [-0.2, -0.15) is 0 Å². The van der Waals surface area contributed by atoms with Crippen LogP contribution < -0.4 is 19.3 Å². The number of allylic oxidation sites excluding steroid dienone is 6. The lowest BCUT2D eigenvalue weighted by molar-refractivity contribution is 0.360. The molecule has 0 aliphatic carbocycles. The number of likely N-dealkylation sites (N-methyl/N-ethyl adjacent to an activating group) is 1. The zero-order chi connectivity index (χ0) is 44.7. The van der Waals surface area contributed by atoms with Crippen LogP contribution in [0.15, 0.2) is 211 Å². The number of nitrogens with zero attached hydrogens (tertiary/aromatic N) is 2. The topological polar surface area (TPSA) is 47.3 Å². The lowest BCUT2D eigenvalue weighted by Gasteiger charge is -2.27.